The lowest BCUT2D eigenvalue weighted by Crippen LogP contribution is -2.09. The van der Waals surface area contributed by atoms with Crippen molar-refractivity contribution >= 4 is 77.3 Å². The third-order valence-corrected chi connectivity index (χ3v) is 11.0. The highest BCUT2D eigenvalue weighted by atomic mass is 79.9. The van der Waals surface area contributed by atoms with E-state index in [4.69, 9.17) is 5.73 Å². The first-order valence-electron chi connectivity index (χ1n) is 20.5. The maximum Gasteiger partial charge on any atom is 0.0462 e. The van der Waals surface area contributed by atoms with Crippen LogP contribution >= 0.6 is 15.9 Å². The van der Waals surface area contributed by atoms with Gasteiger partial charge in [-0.25, -0.2) is 0 Å². The minimum absolute atomic E-state index is 0.850. The van der Waals surface area contributed by atoms with E-state index >= 15 is 0 Å². The molecule has 0 unspecified atom stereocenters. The average Bonchev–Trinajstić information content (AvgIpc) is 3.33. The molecule has 0 aromatic heterocycles. The first-order valence-corrected chi connectivity index (χ1v) is 21.2. The van der Waals surface area contributed by atoms with Gasteiger partial charge in [0.1, 0.15) is 0 Å². The molecule has 2 N–H and O–H groups in total. The predicted molar refractivity (Wildman–Crippen MR) is 265 cm³/mol. The monoisotopic (exact) mass is 851 g/mol. The fourth-order valence-electron chi connectivity index (χ4n) is 7.47. The molecular formula is C57H46BrN3. The van der Waals surface area contributed by atoms with E-state index in [1.165, 1.54) is 27.3 Å². The Labute approximate surface area is 367 Å². The number of hydrogen-bond donors (Lipinski definition) is 1. The molecule has 0 saturated carbocycles. The van der Waals surface area contributed by atoms with E-state index in [0.29, 0.717) is 0 Å². The number of anilines is 7. The lowest BCUT2D eigenvalue weighted by atomic mass is 9.98. The molecule has 296 valence electrons. The number of fused-ring (bicyclic) bond motifs is 2. The highest BCUT2D eigenvalue weighted by Crippen LogP contribution is 2.36. The van der Waals surface area contributed by atoms with Gasteiger partial charge < -0.3 is 15.5 Å². The van der Waals surface area contributed by atoms with Crippen molar-refractivity contribution in [3.8, 4) is 0 Å². The fourth-order valence-corrected chi connectivity index (χ4v) is 7.74. The van der Waals surface area contributed by atoms with Crippen LogP contribution in [-0.4, -0.2) is 0 Å². The SMILES string of the molecule is Brc1ccc(N(c2ccccc2)c2ccccc2)cc1.Nc1cccc2ccccc12.c1ccc(N(c2ccccc2)c2ccc(Cc3cccc4ccccc34)cc2)cc1. The van der Waals surface area contributed by atoms with E-state index in [1.54, 1.807) is 0 Å². The molecule has 0 spiro atoms. The molecule has 10 rings (SSSR count). The quantitative estimate of drug-likeness (QED) is 0.155. The maximum atomic E-state index is 5.76. The van der Waals surface area contributed by atoms with E-state index in [-0.39, 0.29) is 0 Å². The molecule has 0 bridgehead atoms. The summed E-state index contributed by atoms with van der Waals surface area (Å²) in [5.74, 6) is 0. The normalized spacial score (nSPS) is 10.5. The molecule has 3 nitrogen and oxygen atoms in total. The number of benzene rings is 10. The molecule has 0 saturated heterocycles. The van der Waals surface area contributed by atoms with Gasteiger partial charge in [-0.2, -0.15) is 0 Å². The Kier molecular flexibility index (Phi) is 13.3. The number of hydrogen-bond acceptors (Lipinski definition) is 3. The topological polar surface area (TPSA) is 32.5 Å². The number of nitrogens with zero attached hydrogens (tertiary/aromatic N) is 2. The van der Waals surface area contributed by atoms with Crippen LogP contribution in [0.3, 0.4) is 0 Å². The molecule has 10 aromatic rings. The Morgan fingerprint density at radius 1 is 0.311 bits per heavy atom. The van der Waals surface area contributed by atoms with Crippen molar-refractivity contribution in [2.75, 3.05) is 15.5 Å². The van der Waals surface area contributed by atoms with Gasteiger partial charge in [0.25, 0.3) is 0 Å². The third-order valence-electron chi connectivity index (χ3n) is 10.4. The Bertz CT molecular complexity index is 2800. The minimum atomic E-state index is 0.850. The number of nitrogens with two attached hydrogens (primary N) is 1. The van der Waals surface area contributed by atoms with Gasteiger partial charge in [-0.05, 0) is 125 Å². The van der Waals surface area contributed by atoms with Crippen molar-refractivity contribution < 1.29 is 0 Å². The molecule has 0 aliphatic heterocycles. The van der Waals surface area contributed by atoms with Crippen molar-refractivity contribution in [2.45, 2.75) is 6.42 Å². The van der Waals surface area contributed by atoms with Gasteiger partial charge in [-0.15, -0.1) is 0 Å². The molecule has 0 atom stereocenters. The van der Waals surface area contributed by atoms with E-state index in [1.807, 2.05) is 42.5 Å². The zero-order valence-corrected chi connectivity index (χ0v) is 35.4. The van der Waals surface area contributed by atoms with E-state index in [2.05, 4.69) is 238 Å². The summed E-state index contributed by atoms with van der Waals surface area (Å²) in [6, 6.07) is 88.4. The van der Waals surface area contributed by atoms with Gasteiger partial charge in [-0.1, -0.05) is 180 Å². The smallest absolute Gasteiger partial charge is 0.0462 e. The van der Waals surface area contributed by atoms with Gasteiger partial charge in [-0.3, -0.25) is 0 Å². The van der Waals surface area contributed by atoms with Gasteiger partial charge in [0.2, 0.25) is 0 Å². The van der Waals surface area contributed by atoms with Crippen LogP contribution < -0.4 is 15.5 Å². The van der Waals surface area contributed by atoms with Crippen LogP contribution in [0.4, 0.5) is 39.8 Å². The molecule has 0 aliphatic carbocycles. The number of halogens is 1. The lowest BCUT2D eigenvalue weighted by Gasteiger charge is -2.25. The van der Waals surface area contributed by atoms with Crippen LogP contribution in [0.5, 0.6) is 0 Å². The summed E-state index contributed by atoms with van der Waals surface area (Å²) < 4.78 is 1.09. The highest BCUT2D eigenvalue weighted by molar-refractivity contribution is 9.10. The lowest BCUT2D eigenvalue weighted by molar-refractivity contribution is 1.20. The summed E-state index contributed by atoms with van der Waals surface area (Å²) >= 11 is 3.49. The van der Waals surface area contributed by atoms with Crippen LogP contribution in [0, 0.1) is 0 Å². The second-order valence-corrected chi connectivity index (χ2v) is 15.5. The van der Waals surface area contributed by atoms with Crippen molar-refractivity contribution in [1.82, 2.24) is 0 Å². The van der Waals surface area contributed by atoms with Crippen LogP contribution in [0.25, 0.3) is 21.5 Å². The first-order chi connectivity index (χ1) is 30.1. The van der Waals surface area contributed by atoms with E-state index < -0.39 is 0 Å². The number of para-hydroxylation sites is 4. The second kappa shape index (κ2) is 20.0. The zero-order chi connectivity index (χ0) is 41.6. The molecule has 0 radical (unpaired) electrons. The summed E-state index contributed by atoms with van der Waals surface area (Å²) in [7, 11) is 0. The van der Waals surface area contributed by atoms with Crippen molar-refractivity contribution in [1.29, 1.82) is 0 Å². The fraction of sp³-hybridized carbons (Fsp3) is 0.0175. The minimum Gasteiger partial charge on any atom is -0.398 e. The Hall–Kier alpha value is -7.40. The molecule has 10 aromatic carbocycles. The Balaban J connectivity index is 0.000000142. The van der Waals surface area contributed by atoms with Gasteiger partial charge in [0, 0.05) is 49.7 Å². The summed E-state index contributed by atoms with van der Waals surface area (Å²) in [5, 5.41) is 4.97. The average molecular weight is 853 g/mol. The third kappa shape index (κ3) is 10.3. The van der Waals surface area contributed by atoms with Crippen molar-refractivity contribution in [2.24, 2.45) is 0 Å². The van der Waals surface area contributed by atoms with Gasteiger partial charge >= 0.3 is 0 Å². The molecule has 0 amide bonds. The summed E-state index contributed by atoms with van der Waals surface area (Å²) in [5.41, 5.74) is 16.2. The van der Waals surface area contributed by atoms with Crippen LogP contribution in [0.1, 0.15) is 11.1 Å². The van der Waals surface area contributed by atoms with Crippen LogP contribution in [0.2, 0.25) is 0 Å². The maximum absolute atomic E-state index is 5.76. The Morgan fingerprint density at radius 3 is 1.11 bits per heavy atom. The molecule has 61 heavy (non-hydrogen) atoms. The van der Waals surface area contributed by atoms with E-state index in [9.17, 15) is 0 Å². The first kappa shape index (κ1) is 40.4. The number of nitrogen functional groups attached to an aromatic ring is 1. The molecule has 4 heteroatoms. The van der Waals surface area contributed by atoms with E-state index in [0.717, 1.165) is 56.1 Å². The summed E-state index contributed by atoms with van der Waals surface area (Å²) in [6.07, 6.45) is 0.929. The highest BCUT2D eigenvalue weighted by Gasteiger charge is 2.13. The van der Waals surface area contributed by atoms with Crippen molar-refractivity contribution in [3.63, 3.8) is 0 Å². The second-order valence-electron chi connectivity index (χ2n) is 14.5. The number of rotatable bonds is 8. The van der Waals surface area contributed by atoms with Gasteiger partial charge in [0.15, 0.2) is 0 Å². The zero-order valence-electron chi connectivity index (χ0n) is 33.8. The molecule has 0 fully saturated rings. The van der Waals surface area contributed by atoms with Crippen LogP contribution in [-0.2, 0) is 6.42 Å². The molecular weight excluding hydrogens is 807 g/mol. The predicted octanol–water partition coefficient (Wildman–Crippen LogP) is 16.2. The molecule has 0 aliphatic rings. The van der Waals surface area contributed by atoms with Gasteiger partial charge in [0.05, 0.1) is 0 Å². The Morgan fingerprint density at radius 2 is 0.656 bits per heavy atom. The largest absolute Gasteiger partial charge is 0.398 e. The summed E-state index contributed by atoms with van der Waals surface area (Å²) in [4.78, 5) is 4.54. The summed E-state index contributed by atoms with van der Waals surface area (Å²) in [6.45, 7) is 0. The standard InChI is InChI=1S/C29H23N.C18H14BrN.C10H9N/c1-3-13-26(14-4-1)30(27-15-5-2-6-16-27)28-20-18-23(19-21-28)22-25-12-9-11-24-10-7-8-17-29(24)25;19-15-11-13-18(14-12-15)20(16-7-3-1-4-8-16)17-9-5-2-6-10-17;11-10-7-3-5-8-4-1-2-6-9(8)10/h1-21H,22H2;1-14H;1-7H,11H2. The molecule has 0 heterocycles. The van der Waals surface area contributed by atoms with Crippen LogP contribution in [0.15, 0.2) is 259 Å². The van der Waals surface area contributed by atoms with Crippen molar-refractivity contribution in [3.05, 3.63) is 270 Å².